The molecule has 0 aliphatic heterocycles. The maximum Gasteiger partial charge on any atom is 0.234 e. The van der Waals surface area contributed by atoms with Gasteiger partial charge in [-0.05, 0) is 49.6 Å². The summed E-state index contributed by atoms with van der Waals surface area (Å²) >= 11 is 4.27. The normalized spacial score (nSPS) is 13.0. The average molecular weight is 555 g/mol. The molecule has 1 fully saturated rings. The molecule has 1 aliphatic rings. The van der Waals surface area contributed by atoms with Gasteiger partial charge in [0.05, 0.1) is 21.7 Å². The van der Waals surface area contributed by atoms with Gasteiger partial charge in [-0.25, -0.2) is 4.98 Å². The van der Waals surface area contributed by atoms with Crippen LogP contribution in [0.4, 0.5) is 5.69 Å². The van der Waals surface area contributed by atoms with Crippen LogP contribution < -0.4 is 15.4 Å². The Balaban J connectivity index is 1.11. The number of hydrogen-bond donors (Lipinski definition) is 2. The monoisotopic (exact) mass is 554 g/mol. The molecule has 2 amide bonds. The summed E-state index contributed by atoms with van der Waals surface area (Å²) in [4.78, 5) is 29.1. The van der Waals surface area contributed by atoms with E-state index < -0.39 is 0 Å². The minimum absolute atomic E-state index is 0.0473. The molecule has 192 valence electrons. The zero-order chi connectivity index (χ0) is 25.8. The van der Waals surface area contributed by atoms with Crippen LogP contribution in [0.1, 0.15) is 24.2 Å². The highest BCUT2D eigenvalue weighted by molar-refractivity contribution is 8.01. The standard InChI is InChI=1S/C25H26N6O3S3/c1-15-5-3-4-6-19(15)34-12-21-29-30-24(31(21)2)35-13-22(32)27-17-9-10-18-20(11-17)37-25(28-18)36-14-23(33)26-16-7-8-16/h3-6,9-11,16H,7-8,12-14H2,1-2H3,(H,26,33)(H,27,32). The lowest BCUT2D eigenvalue weighted by Crippen LogP contribution is -2.26. The van der Waals surface area contributed by atoms with Gasteiger partial charge in [0, 0.05) is 18.8 Å². The molecule has 12 heteroatoms. The molecular formula is C25H26N6O3S3. The smallest absolute Gasteiger partial charge is 0.234 e. The van der Waals surface area contributed by atoms with Crippen molar-refractivity contribution in [3.8, 4) is 5.75 Å². The fraction of sp³-hybridized carbons (Fsp3) is 0.320. The number of nitrogens with zero attached hydrogens (tertiary/aromatic N) is 4. The number of carbonyl (C=O) groups is 2. The summed E-state index contributed by atoms with van der Waals surface area (Å²) in [7, 11) is 1.86. The van der Waals surface area contributed by atoms with Crippen molar-refractivity contribution in [2.24, 2.45) is 7.05 Å². The first-order valence-corrected chi connectivity index (χ1v) is 14.6. The van der Waals surface area contributed by atoms with E-state index >= 15 is 0 Å². The van der Waals surface area contributed by atoms with E-state index in [9.17, 15) is 9.59 Å². The summed E-state index contributed by atoms with van der Waals surface area (Å²) in [6.45, 7) is 2.29. The first-order chi connectivity index (χ1) is 17.9. The zero-order valence-corrected chi connectivity index (χ0v) is 22.8. The van der Waals surface area contributed by atoms with E-state index in [0.29, 0.717) is 35.1 Å². The van der Waals surface area contributed by atoms with E-state index in [-0.39, 0.29) is 17.6 Å². The van der Waals surface area contributed by atoms with Crippen molar-refractivity contribution in [3.63, 3.8) is 0 Å². The summed E-state index contributed by atoms with van der Waals surface area (Å²) in [5.41, 5.74) is 2.61. The van der Waals surface area contributed by atoms with E-state index in [1.807, 2.05) is 61.0 Å². The van der Waals surface area contributed by atoms with Crippen LogP contribution in [-0.4, -0.2) is 49.1 Å². The number of hydrogen-bond acceptors (Lipinski definition) is 9. The molecule has 0 spiro atoms. The van der Waals surface area contributed by atoms with E-state index in [4.69, 9.17) is 4.74 Å². The number of thioether (sulfide) groups is 2. The van der Waals surface area contributed by atoms with Gasteiger partial charge in [-0.2, -0.15) is 0 Å². The van der Waals surface area contributed by atoms with Gasteiger partial charge in [-0.1, -0.05) is 41.7 Å². The first kappa shape index (κ1) is 25.6. The third-order valence-electron chi connectivity index (χ3n) is 5.63. The fourth-order valence-corrected chi connectivity index (χ4v) is 6.10. The molecule has 0 atom stereocenters. The van der Waals surface area contributed by atoms with Crippen molar-refractivity contribution in [3.05, 3.63) is 53.9 Å². The van der Waals surface area contributed by atoms with Crippen molar-refractivity contribution < 1.29 is 14.3 Å². The average Bonchev–Trinajstić information content (AvgIpc) is 3.49. The number of nitrogens with one attached hydrogen (secondary N) is 2. The van der Waals surface area contributed by atoms with E-state index in [1.54, 1.807) is 0 Å². The Morgan fingerprint density at radius 1 is 1.11 bits per heavy atom. The van der Waals surface area contributed by atoms with Crippen molar-refractivity contribution >= 4 is 62.6 Å². The predicted molar refractivity (Wildman–Crippen MR) is 147 cm³/mol. The second-order valence-electron chi connectivity index (χ2n) is 8.64. The highest BCUT2D eigenvalue weighted by Gasteiger charge is 2.23. The number of aryl methyl sites for hydroxylation is 1. The zero-order valence-electron chi connectivity index (χ0n) is 20.4. The molecule has 0 radical (unpaired) electrons. The van der Waals surface area contributed by atoms with Crippen LogP contribution in [0.15, 0.2) is 52.0 Å². The maximum absolute atomic E-state index is 12.6. The SMILES string of the molecule is Cc1ccccc1OCc1nnc(SCC(=O)Nc2ccc3nc(SCC(=O)NC4CC4)sc3c2)n1C. The molecule has 5 rings (SSSR count). The third kappa shape index (κ3) is 6.82. The van der Waals surface area contributed by atoms with Gasteiger partial charge in [0.1, 0.15) is 12.4 Å². The minimum atomic E-state index is -0.138. The van der Waals surface area contributed by atoms with Gasteiger partial charge >= 0.3 is 0 Å². The quantitative estimate of drug-likeness (QED) is 0.262. The number of amides is 2. The molecule has 2 aromatic heterocycles. The minimum Gasteiger partial charge on any atom is -0.485 e. The third-order valence-corrected chi connectivity index (χ3v) is 8.81. The van der Waals surface area contributed by atoms with E-state index in [0.717, 1.165) is 38.7 Å². The van der Waals surface area contributed by atoms with Crippen LogP contribution in [-0.2, 0) is 23.2 Å². The lowest BCUT2D eigenvalue weighted by atomic mass is 10.2. The number of aromatic nitrogens is 4. The molecule has 2 N–H and O–H groups in total. The van der Waals surface area contributed by atoms with Crippen molar-refractivity contribution in [2.75, 3.05) is 16.8 Å². The molecule has 37 heavy (non-hydrogen) atoms. The first-order valence-electron chi connectivity index (χ1n) is 11.8. The van der Waals surface area contributed by atoms with Crippen LogP contribution in [0, 0.1) is 6.92 Å². The van der Waals surface area contributed by atoms with Crippen molar-refractivity contribution in [1.82, 2.24) is 25.1 Å². The summed E-state index contributed by atoms with van der Waals surface area (Å²) in [6, 6.07) is 13.8. The number of fused-ring (bicyclic) bond motifs is 1. The second kappa shape index (κ2) is 11.5. The maximum atomic E-state index is 12.6. The number of thiazole rings is 1. The molecule has 2 aromatic carbocycles. The van der Waals surface area contributed by atoms with Crippen LogP contribution >= 0.6 is 34.9 Å². The Kier molecular flexibility index (Phi) is 7.96. The van der Waals surface area contributed by atoms with E-state index in [1.165, 1.54) is 34.9 Å². The van der Waals surface area contributed by atoms with Crippen LogP contribution in [0.3, 0.4) is 0 Å². The molecule has 4 aromatic rings. The number of benzene rings is 2. The summed E-state index contributed by atoms with van der Waals surface area (Å²) in [6.07, 6.45) is 2.15. The second-order valence-corrected chi connectivity index (χ2v) is 11.8. The number of carbonyl (C=O) groups excluding carboxylic acids is 2. The van der Waals surface area contributed by atoms with Gasteiger partial charge in [0.2, 0.25) is 11.8 Å². The Labute approximate surface area is 226 Å². The topological polar surface area (TPSA) is 111 Å². The van der Waals surface area contributed by atoms with Crippen LogP contribution in [0.25, 0.3) is 10.2 Å². The van der Waals surface area contributed by atoms with Crippen LogP contribution in [0.2, 0.25) is 0 Å². The fourth-order valence-electron chi connectivity index (χ4n) is 3.45. The Morgan fingerprint density at radius 3 is 2.73 bits per heavy atom. The molecule has 1 saturated carbocycles. The largest absolute Gasteiger partial charge is 0.485 e. The van der Waals surface area contributed by atoms with Gasteiger partial charge < -0.3 is 19.9 Å². The molecule has 9 nitrogen and oxygen atoms in total. The molecule has 0 bridgehead atoms. The Bertz CT molecular complexity index is 1430. The lowest BCUT2D eigenvalue weighted by molar-refractivity contribution is -0.118. The van der Waals surface area contributed by atoms with Gasteiger partial charge in [0.25, 0.3) is 0 Å². The van der Waals surface area contributed by atoms with Crippen molar-refractivity contribution in [1.29, 1.82) is 0 Å². The van der Waals surface area contributed by atoms with Crippen molar-refractivity contribution in [2.45, 2.75) is 41.9 Å². The molecule has 1 aliphatic carbocycles. The molecule has 0 unspecified atom stereocenters. The lowest BCUT2D eigenvalue weighted by Gasteiger charge is -2.08. The summed E-state index contributed by atoms with van der Waals surface area (Å²) in [5, 5.41) is 15.0. The Morgan fingerprint density at radius 2 is 1.92 bits per heavy atom. The molecular weight excluding hydrogens is 529 g/mol. The summed E-state index contributed by atoms with van der Waals surface area (Å²) in [5.74, 6) is 1.95. The number of anilines is 1. The number of para-hydroxylation sites is 1. The van der Waals surface area contributed by atoms with Gasteiger partial charge in [-0.3, -0.25) is 9.59 Å². The molecule has 0 saturated heterocycles. The highest BCUT2D eigenvalue weighted by atomic mass is 32.2. The van der Waals surface area contributed by atoms with Gasteiger partial charge in [-0.15, -0.1) is 21.5 Å². The molecule has 2 heterocycles. The summed E-state index contributed by atoms with van der Waals surface area (Å²) < 4.78 is 9.50. The van der Waals surface area contributed by atoms with Gasteiger partial charge in [0.15, 0.2) is 15.3 Å². The van der Waals surface area contributed by atoms with E-state index in [2.05, 4.69) is 25.8 Å². The number of ether oxygens (including phenoxy) is 1. The van der Waals surface area contributed by atoms with Crippen LogP contribution in [0.5, 0.6) is 5.75 Å². The Hall–Kier alpha value is -3.09. The predicted octanol–water partition coefficient (Wildman–Crippen LogP) is 4.41. The number of rotatable bonds is 11. The highest BCUT2D eigenvalue weighted by Crippen LogP contribution is 2.31.